The molecule has 0 aliphatic carbocycles. The Labute approximate surface area is 90.9 Å². The third kappa shape index (κ3) is 6.92. The van der Waals surface area contributed by atoms with Gasteiger partial charge in [0, 0.05) is 5.57 Å². The number of quaternary nitrogens is 1. The number of carbonyl (C=O) groups excluding carboxylic acids is 1. The van der Waals surface area contributed by atoms with Crippen molar-refractivity contribution in [2.24, 2.45) is 0 Å². The van der Waals surface area contributed by atoms with Crippen LogP contribution in [0.1, 0.15) is 6.92 Å². The fourth-order valence-corrected chi connectivity index (χ4v) is 1.41. The fraction of sp³-hybridized carbons (Fsp3) is 0.700. The van der Waals surface area contributed by atoms with Gasteiger partial charge in [-0.3, -0.25) is 0 Å². The molecular formula is C10H19ClNO2+. The van der Waals surface area contributed by atoms with Crippen LogP contribution in [0.2, 0.25) is 0 Å². The van der Waals surface area contributed by atoms with Crippen molar-refractivity contribution >= 4 is 17.6 Å². The van der Waals surface area contributed by atoms with E-state index in [9.17, 15) is 4.79 Å². The standard InChI is InChI=1S/C10H19ClNO2/c1-8(2)10(13)14-7-9(11)6-12(3,4)5/h9H,1,6-7H2,2-5H3/q+1. The van der Waals surface area contributed by atoms with Crippen LogP contribution in [0, 0.1) is 0 Å². The number of hydrogen-bond donors (Lipinski definition) is 0. The molecule has 82 valence electrons. The molecule has 0 amide bonds. The molecule has 1 unspecified atom stereocenters. The van der Waals surface area contributed by atoms with Crippen molar-refractivity contribution in [2.45, 2.75) is 12.3 Å². The Bertz CT molecular complexity index is 221. The van der Waals surface area contributed by atoms with E-state index in [-0.39, 0.29) is 18.0 Å². The number of rotatable bonds is 5. The van der Waals surface area contributed by atoms with Crippen LogP contribution >= 0.6 is 11.6 Å². The van der Waals surface area contributed by atoms with Crippen LogP contribution in [0.4, 0.5) is 0 Å². The Morgan fingerprint density at radius 3 is 2.36 bits per heavy atom. The van der Waals surface area contributed by atoms with Gasteiger partial charge in [0.2, 0.25) is 0 Å². The van der Waals surface area contributed by atoms with Crippen LogP contribution in [0.15, 0.2) is 12.2 Å². The summed E-state index contributed by atoms with van der Waals surface area (Å²) in [4.78, 5) is 11.0. The molecule has 0 spiro atoms. The molecule has 0 saturated carbocycles. The van der Waals surface area contributed by atoms with Gasteiger partial charge >= 0.3 is 5.97 Å². The Hall–Kier alpha value is -0.540. The number of alkyl halides is 1. The van der Waals surface area contributed by atoms with E-state index in [4.69, 9.17) is 16.3 Å². The molecule has 14 heavy (non-hydrogen) atoms. The first-order valence-corrected chi connectivity index (χ1v) is 4.93. The van der Waals surface area contributed by atoms with Crippen molar-refractivity contribution in [1.82, 2.24) is 0 Å². The van der Waals surface area contributed by atoms with Gasteiger partial charge in [-0.05, 0) is 6.92 Å². The van der Waals surface area contributed by atoms with E-state index in [1.165, 1.54) is 0 Å². The predicted molar refractivity (Wildman–Crippen MR) is 58.3 cm³/mol. The summed E-state index contributed by atoms with van der Waals surface area (Å²) in [5.41, 5.74) is 0.402. The molecule has 0 radical (unpaired) electrons. The summed E-state index contributed by atoms with van der Waals surface area (Å²) in [6.07, 6.45) is 0. The average Bonchev–Trinajstić information content (AvgIpc) is 1.96. The highest BCUT2D eigenvalue weighted by molar-refractivity contribution is 6.20. The smallest absolute Gasteiger partial charge is 0.333 e. The molecule has 0 fully saturated rings. The maximum Gasteiger partial charge on any atom is 0.333 e. The topological polar surface area (TPSA) is 26.3 Å². The lowest BCUT2D eigenvalue weighted by atomic mass is 10.3. The van der Waals surface area contributed by atoms with Gasteiger partial charge < -0.3 is 9.22 Å². The molecule has 0 saturated heterocycles. The maximum atomic E-state index is 11.0. The van der Waals surface area contributed by atoms with Crippen LogP contribution in [-0.4, -0.2) is 50.1 Å². The summed E-state index contributed by atoms with van der Waals surface area (Å²) in [5.74, 6) is -0.378. The van der Waals surface area contributed by atoms with Crippen molar-refractivity contribution in [3.63, 3.8) is 0 Å². The summed E-state index contributed by atoms with van der Waals surface area (Å²) in [6.45, 7) is 6.10. The third-order valence-corrected chi connectivity index (χ3v) is 1.75. The van der Waals surface area contributed by atoms with Crippen LogP contribution in [0.3, 0.4) is 0 Å². The molecule has 1 atom stereocenters. The van der Waals surface area contributed by atoms with Gasteiger partial charge in [0.25, 0.3) is 0 Å². The maximum absolute atomic E-state index is 11.0. The van der Waals surface area contributed by atoms with E-state index < -0.39 is 0 Å². The second kappa shape index (κ2) is 5.37. The van der Waals surface area contributed by atoms with E-state index >= 15 is 0 Å². The van der Waals surface area contributed by atoms with Gasteiger partial charge in [0.05, 0.1) is 27.7 Å². The van der Waals surface area contributed by atoms with E-state index in [1.807, 2.05) is 21.1 Å². The molecule has 0 heterocycles. The number of esters is 1. The minimum atomic E-state index is -0.378. The molecule has 0 aromatic carbocycles. The lowest BCUT2D eigenvalue weighted by molar-refractivity contribution is -0.870. The molecule has 3 nitrogen and oxygen atoms in total. The Kier molecular flexibility index (Phi) is 5.16. The van der Waals surface area contributed by atoms with Gasteiger partial charge in [-0.1, -0.05) is 6.58 Å². The van der Waals surface area contributed by atoms with Crippen molar-refractivity contribution in [3.8, 4) is 0 Å². The Morgan fingerprint density at radius 1 is 1.50 bits per heavy atom. The van der Waals surface area contributed by atoms with Gasteiger partial charge in [-0.25, -0.2) is 4.79 Å². The predicted octanol–water partition coefficient (Wildman–Crippen LogP) is 1.42. The molecule has 0 N–H and O–H groups in total. The van der Waals surface area contributed by atoms with Crippen molar-refractivity contribution in [1.29, 1.82) is 0 Å². The molecule has 0 aliphatic heterocycles. The lowest BCUT2D eigenvalue weighted by Crippen LogP contribution is -2.41. The van der Waals surface area contributed by atoms with Crippen molar-refractivity contribution in [2.75, 3.05) is 34.3 Å². The minimum absolute atomic E-state index is 0.154. The highest BCUT2D eigenvalue weighted by Gasteiger charge is 2.17. The molecule has 0 aliphatic rings. The zero-order valence-corrected chi connectivity index (χ0v) is 10.1. The normalized spacial score (nSPS) is 13.5. The van der Waals surface area contributed by atoms with E-state index in [0.717, 1.165) is 11.0 Å². The van der Waals surface area contributed by atoms with Crippen LogP contribution in [0.5, 0.6) is 0 Å². The number of hydrogen-bond acceptors (Lipinski definition) is 2. The van der Waals surface area contributed by atoms with Crippen molar-refractivity contribution < 1.29 is 14.0 Å². The summed E-state index contributed by atoms with van der Waals surface area (Å²) < 4.78 is 5.68. The van der Waals surface area contributed by atoms with E-state index in [2.05, 4.69) is 6.58 Å². The fourth-order valence-electron chi connectivity index (χ4n) is 0.936. The monoisotopic (exact) mass is 220 g/mol. The largest absolute Gasteiger partial charge is 0.461 e. The summed E-state index contributed by atoms with van der Waals surface area (Å²) in [7, 11) is 6.11. The van der Waals surface area contributed by atoms with E-state index in [1.54, 1.807) is 6.92 Å². The highest BCUT2D eigenvalue weighted by atomic mass is 35.5. The first kappa shape index (κ1) is 13.5. The zero-order valence-electron chi connectivity index (χ0n) is 9.34. The summed E-state index contributed by atoms with van der Waals surface area (Å²) >= 11 is 5.99. The van der Waals surface area contributed by atoms with Crippen LogP contribution < -0.4 is 0 Å². The molecule has 0 bridgehead atoms. The minimum Gasteiger partial charge on any atom is -0.461 e. The van der Waals surface area contributed by atoms with Crippen LogP contribution in [0.25, 0.3) is 0 Å². The van der Waals surface area contributed by atoms with E-state index in [0.29, 0.717) is 5.57 Å². The van der Waals surface area contributed by atoms with Gasteiger partial charge in [-0.15, -0.1) is 11.6 Å². The zero-order chi connectivity index (χ0) is 11.4. The number of nitrogens with zero attached hydrogens (tertiary/aromatic N) is 1. The van der Waals surface area contributed by atoms with Crippen molar-refractivity contribution in [3.05, 3.63) is 12.2 Å². The first-order chi connectivity index (χ1) is 6.22. The second-order valence-electron chi connectivity index (χ2n) is 4.45. The molecule has 0 aromatic heterocycles. The summed E-state index contributed by atoms with van der Waals surface area (Å²) in [5, 5.41) is -0.154. The Morgan fingerprint density at radius 2 is 2.00 bits per heavy atom. The number of carbonyl (C=O) groups is 1. The summed E-state index contributed by atoms with van der Waals surface area (Å²) in [6, 6.07) is 0. The molecule has 0 aromatic rings. The SMILES string of the molecule is C=C(C)C(=O)OCC(Cl)C[N+](C)(C)C. The molecular weight excluding hydrogens is 202 g/mol. The molecule has 0 rings (SSSR count). The second-order valence-corrected chi connectivity index (χ2v) is 5.07. The number of halogens is 1. The quantitative estimate of drug-likeness (QED) is 0.303. The molecule has 4 heteroatoms. The van der Waals surface area contributed by atoms with Gasteiger partial charge in [-0.2, -0.15) is 0 Å². The number of ether oxygens (including phenoxy) is 1. The van der Waals surface area contributed by atoms with Gasteiger partial charge in [0.15, 0.2) is 0 Å². The van der Waals surface area contributed by atoms with Gasteiger partial charge in [0.1, 0.15) is 12.0 Å². The Balaban J connectivity index is 3.80. The average molecular weight is 221 g/mol. The highest BCUT2D eigenvalue weighted by Crippen LogP contribution is 2.04. The van der Waals surface area contributed by atoms with Crippen LogP contribution in [-0.2, 0) is 9.53 Å². The lowest BCUT2D eigenvalue weighted by Gasteiger charge is -2.26. The third-order valence-electron chi connectivity index (χ3n) is 1.49. The first-order valence-electron chi connectivity index (χ1n) is 4.49.